The van der Waals surface area contributed by atoms with E-state index in [2.05, 4.69) is 24.4 Å². The maximum absolute atomic E-state index is 12.3. The molecule has 1 saturated heterocycles. The summed E-state index contributed by atoms with van der Waals surface area (Å²) < 4.78 is 11.3. The maximum atomic E-state index is 12.3. The fourth-order valence-corrected chi connectivity index (χ4v) is 3.68. The zero-order chi connectivity index (χ0) is 14.0. The topological polar surface area (TPSA) is 49.4 Å². The number of rotatable bonds is 5. The average Bonchev–Trinajstić information content (AvgIpc) is 2.91. The molecule has 1 aliphatic rings. The summed E-state index contributed by atoms with van der Waals surface area (Å²) in [6.45, 7) is 4.62. The third-order valence-corrected chi connectivity index (χ3v) is 5.12. The van der Waals surface area contributed by atoms with Gasteiger partial charge in [-0.15, -0.1) is 11.3 Å². The molecular formula is C13H20N2O2S2. The molecule has 0 radical (unpaired) electrons. The molecule has 4 nitrogen and oxygen atoms in total. The van der Waals surface area contributed by atoms with Gasteiger partial charge in [-0.3, -0.25) is 14.3 Å². The molecule has 19 heavy (non-hydrogen) atoms. The second kappa shape index (κ2) is 6.15. The minimum Gasteiger partial charge on any atom is -0.320 e. The summed E-state index contributed by atoms with van der Waals surface area (Å²) in [7, 11) is -0.874. The maximum Gasteiger partial charge on any atom is 0.241 e. The SMILES string of the molecule is CCC1NC(c2ccc(C)s2)N(CCS(C)=O)C1=O. The highest BCUT2D eigenvalue weighted by atomic mass is 32.2. The van der Waals surface area contributed by atoms with Gasteiger partial charge in [-0.25, -0.2) is 0 Å². The van der Waals surface area contributed by atoms with Crippen LogP contribution >= 0.6 is 11.3 Å². The summed E-state index contributed by atoms with van der Waals surface area (Å²) in [4.78, 5) is 16.5. The molecule has 0 aliphatic carbocycles. The monoisotopic (exact) mass is 300 g/mol. The van der Waals surface area contributed by atoms with Crippen molar-refractivity contribution in [3.05, 3.63) is 21.9 Å². The number of nitrogens with one attached hydrogen (secondary N) is 1. The van der Waals surface area contributed by atoms with Crippen LogP contribution in [0.1, 0.15) is 29.3 Å². The van der Waals surface area contributed by atoms with Gasteiger partial charge in [0.15, 0.2) is 0 Å². The number of thiophene rings is 1. The van der Waals surface area contributed by atoms with Crippen LogP contribution in [0.25, 0.3) is 0 Å². The second-order valence-corrected chi connectivity index (χ2v) is 7.66. The Kier molecular flexibility index (Phi) is 4.76. The van der Waals surface area contributed by atoms with E-state index in [0.717, 1.165) is 11.3 Å². The lowest BCUT2D eigenvalue weighted by Crippen LogP contribution is -2.33. The fourth-order valence-electron chi connectivity index (χ4n) is 2.27. The van der Waals surface area contributed by atoms with Gasteiger partial charge in [-0.1, -0.05) is 6.92 Å². The zero-order valence-electron chi connectivity index (χ0n) is 11.5. The van der Waals surface area contributed by atoms with E-state index in [0.29, 0.717) is 12.3 Å². The summed E-state index contributed by atoms with van der Waals surface area (Å²) >= 11 is 1.71. The molecule has 3 unspecified atom stereocenters. The highest BCUT2D eigenvalue weighted by molar-refractivity contribution is 7.84. The van der Waals surface area contributed by atoms with E-state index in [-0.39, 0.29) is 18.1 Å². The van der Waals surface area contributed by atoms with Crippen molar-refractivity contribution in [1.82, 2.24) is 10.2 Å². The van der Waals surface area contributed by atoms with E-state index in [4.69, 9.17) is 0 Å². The van der Waals surface area contributed by atoms with Gasteiger partial charge in [-0.05, 0) is 25.5 Å². The number of carbonyl (C=O) groups excluding carboxylic acids is 1. The van der Waals surface area contributed by atoms with E-state index in [1.165, 1.54) is 4.88 Å². The Morgan fingerprint density at radius 3 is 2.74 bits per heavy atom. The van der Waals surface area contributed by atoms with Crippen molar-refractivity contribution >= 4 is 28.0 Å². The molecule has 0 bridgehead atoms. The summed E-state index contributed by atoms with van der Waals surface area (Å²) in [6.07, 6.45) is 2.40. The molecule has 1 aromatic rings. The smallest absolute Gasteiger partial charge is 0.241 e. The van der Waals surface area contributed by atoms with Crippen molar-refractivity contribution in [2.75, 3.05) is 18.6 Å². The third-order valence-electron chi connectivity index (χ3n) is 3.31. The minimum atomic E-state index is -0.874. The predicted molar refractivity (Wildman–Crippen MR) is 79.7 cm³/mol. The van der Waals surface area contributed by atoms with Gasteiger partial charge in [0.2, 0.25) is 5.91 Å². The molecule has 0 spiro atoms. The van der Waals surface area contributed by atoms with Gasteiger partial charge in [-0.2, -0.15) is 0 Å². The molecule has 0 saturated carbocycles. The van der Waals surface area contributed by atoms with E-state index in [1.54, 1.807) is 17.6 Å². The van der Waals surface area contributed by atoms with Crippen molar-refractivity contribution in [2.45, 2.75) is 32.5 Å². The Hall–Kier alpha value is -0.720. The van der Waals surface area contributed by atoms with Crippen LogP contribution in [0.3, 0.4) is 0 Å². The highest BCUT2D eigenvalue weighted by Crippen LogP contribution is 2.30. The summed E-state index contributed by atoms with van der Waals surface area (Å²) in [5.41, 5.74) is 0. The van der Waals surface area contributed by atoms with E-state index in [9.17, 15) is 9.00 Å². The van der Waals surface area contributed by atoms with Crippen LogP contribution in [0.5, 0.6) is 0 Å². The third kappa shape index (κ3) is 3.24. The first-order valence-corrected chi connectivity index (χ1v) is 9.00. The van der Waals surface area contributed by atoms with Crippen LogP contribution in [0, 0.1) is 6.92 Å². The quantitative estimate of drug-likeness (QED) is 0.899. The molecule has 1 N–H and O–H groups in total. The van der Waals surface area contributed by atoms with Crippen molar-refractivity contribution in [3.63, 3.8) is 0 Å². The van der Waals surface area contributed by atoms with E-state index in [1.807, 2.05) is 11.8 Å². The largest absolute Gasteiger partial charge is 0.320 e. The number of carbonyl (C=O) groups is 1. The molecule has 2 rings (SSSR count). The first-order chi connectivity index (χ1) is 9.02. The van der Waals surface area contributed by atoms with Crippen molar-refractivity contribution in [3.8, 4) is 0 Å². The Balaban J connectivity index is 2.18. The van der Waals surface area contributed by atoms with Crippen molar-refractivity contribution in [2.24, 2.45) is 0 Å². The molecule has 1 amide bonds. The Morgan fingerprint density at radius 1 is 1.47 bits per heavy atom. The van der Waals surface area contributed by atoms with Gasteiger partial charge in [0.05, 0.1) is 6.04 Å². The molecule has 106 valence electrons. The average molecular weight is 300 g/mol. The Morgan fingerprint density at radius 2 is 2.21 bits per heavy atom. The predicted octanol–water partition coefficient (Wildman–Crippen LogP) is 1.64. The molecule has 3 atom stereocenters. The van der Waals surface area contributed by atoms with E-state index < -0.39 is 10.8 Å². The first kappa shape index (κ1) is 14.7. The van der Waals surface area contributed by atoms with Crippen LogP contribution in [0.15, 0.2) is 12.1 Å². The number of hydrogen-bond acceptors (Lipinski definition) is 4. The summed E-state index contributed by atoms with van der Waals surface area (Å²) in [5.74, 6) is 0.661. The van der Waals surface area contributed by atoms with Gasteiger partial charge in [0.25, 0.3) is 0 Å². The van der Waals surface area contributed by atoms with E-state index >= 15 is 0 Å². The normalized spacial score (nSPS) is 25.0. The summed E-state index contributed by atoms with van der Waals surface area (Å²) in [5, 5.41) is 3.38. The van der Waals surface area contributed by atoms with Crippen LogP contribution in [-0.4, -0.2) is 39.6 Å². The van der Waals surface area contributed by atoms with Crippen molar-refractivity contribution in [1.29, 1.82) is 0 Å². The van der Waals surface area contributed by atoms with Crippen LogP contribution in [0.4, 0.5) is 0 Å². The van der Waals surface area contributed by atoms with Gasteiger partial charge < -0.3 is 4.90 Å². The van der Waals surface area contributed by atoms with Gasteiger partial charge in [0, 0.05) is 39.1 Å². The summed E-state index contributed by atoms with van der Waals surface area (Å²) in [6, 6.07) is 4.03. The molecular weight excluding hydrogens is 280 g/mol. The Bertz CT molecular complexity index is 487. The number of amides is 1. The molecule has 1 aliphatic heterocycles. The van der Waals surface area contributed by atoms with Gasteiger partial charge in [0.1, 0.15) is 6.17 Å². The Labute approximate surface area is 120 Å². The number of aryl methyl sites for hydroxylation is 1. The standard InChI is InChI=1S/C13H20N2O2S2/c1-4-10-13(16)15(7-8-19(3)17)12(14-10)11-6-5-9(2)18-11/h5-6,10,12,14H,4,7-8H2,1-3H3. The lowest BCUT2D eigenvalue weighted by atomic mass is 10.2. The van der Waals surface area contributed by atoms with Crippen molar-refractivity contribution < 1.29 is 9.00 Å². The highest BCUT2D eigenvalue weighted by Gasteiger charge is 2.38. The lowest BCUT2D eigenvalue weighted by Gasteiger charge is -2.22. The minimum absolute atomic E-state index is 0.0558. The lowest BCUT2D eigenvalue weighted by molar-refractivity contribution is -0.129. The molecule has 1 fully saturated rings. The number of nitrogens with zero attached hydrogens (tertiary/aromatic N) is 1. The van der Waals surface area contributed by atoms with Gasteiger partial charge >= 0.3 is 0 Å². The molecule has 1 aromatic heterocycles. The van der Waals surface area contributed by atoms with Crippen LogP contribution < -0.4 is 5.32 Å². The fraction of sp³-hybridized carbons (Fsp3) is 0.615. The first-order valence-electron chi connectivity index (χ1n) is 6.45. The molecule has 6 heteroatoms. The molecule has 0 aromatic carbocycles. The zero-order valence-corrected chi connectivity index (χ0v) is 13.1. The van der Waals surface area contributed by atoms with Crippen LogP contribution in [0.2, 0.25) is 0 Å². The molecule has 2 heterocycles. The number of hydrogen-bond donors (Lipinski definition) is 1. The second-order valence-electron chi connectivity index (χ2n) is 4.79. The van der Waals surface area contributed by atoms with Crippen LogP contribution in [-0.2, 0) is 15.6 Å².